The van der Waals surface area contributed by atoms with E-state index in [-0.39, 0.29) is 29.6 Å². The molecule has 0 fully saturated rings. The van der Waals surface area contributed by atoms with Crippen molar-refractivity contribution in [1.82, 2.24) is 0 Å². The van der Waals surface area contributed by atoms with Gasteiger partial charge in [-0.2, -0.15) is 0 Å². The van der Waals surface area contributed by atoms with Crippen LogP contribution in [0, 0.1) is 0 Å². The Bertz CT molecular complexity index is 300. The summed E-state index contributed by atoms with van der Waals surface area (Å²) in [5, 5.41) is 10.8. The molecule has 0 N–H and O–H groups in total. The van der Waals surface area contributed by atoms with Crippen LogP contribution in [0.3, 0.4) is 0 Å². The van der Waals surface area contributed by atoms with Gasteiger partial charge in [-0.15, -0.1) is 0 Å². The molecule has 0 heterocycles. The second-order valence-electron chi connectivity index (χ2n) is 3.38. The summed E-state index contributed by atoms with van der Waals surface area (Å²) in [4.78, 5) is 10.8. The van der Waals surface area contributed by atoms with E-state index >= 15 is 0 Å². The molecule has 0 bridgehead atoms. The minimum atomic E-state index is -1.15. The zero-order chi connectivity index (χ0) is 11.1. The van der Waals surface area contributed by atoms with E-state index in [1.54, 1.807) is 12.1 Å². The Morgan fingerprint density at radius 3 is 2.50 bits per heavy atom. The van der Waals surface area contributed by atoms with Crippen LogP contribution in [-0.4, -0.2) is 12.1 Å². The molecular formula is C12H15NaO3. The van der Waals surface area contributed by atoms with Crippen molar-refractivity contribution in [3.05, 3.63) is 30.3 Å². The van der Waals surface area contributed by atoms with Gasteiger partial charge < -0.3 is 14.6 Å². The van der Waals surface area contributed by atoms with E-state index in [1.165, 1.54) is 0 Å². The van der Waals surface area contributed by atoms with Crippen LogP contribution in [0.4, 0.5) is 0 Å². The van der Waals surface area contributed by atoms with Crippen molar-refractivity contribution in [1.29, 1.82) is 0 Å². The van der Waals surface area contributed by atoms with E-state index in [0.717, 1.165) is 12.8 Å². The van der Waals surface area contributed by atoms with Crippen molar-refractivity contribution < 1.29 is 44.2 Å². The Morgan fingerprint density at radius 2 is 2.00 bits per heavy atom. The van der Waals surface area contributed by atoms with Crippen LogP contribution in [0.25, 0.3) is 0 Å². The molecule has 0 saturated heterocycles. The van der Waals surface area contributed by atoms with Gasteiger partial charge in [0.25, 0.3) is 0 Å². The standard InChI is InChI=1S/C12H16O3.Na/c1-2-3-9-11(12(13)14)15-10-7-5-4-6-8-10;/h4-8,11H,2-3,9H2,1H3,(H,13,14);/q;+1/p-1/t11-;/m0./s1. The van der Waals surface area contributed by atoms with Gasteiger partial charge in [0.05, 0.1) is 5.97 Å². The predicted octanol–water partition coefficient (Wildman–Crippen LogP) is -1.62. The van der Waals surface area contributed by atoms with Crippen molar-refractivity contribution in [3.63, 3.8) is 0 Å². The number of hydrogen-bond acceptors (Lipinski definition) is 3. The molecule has 0 aliphatic heterocycles. The molecule has 0 spiro atoms. The first-order chi connectivity index (χ1) is 7.24. The van der Waals surface area contributed by atoms with Crippen LogP contribution in [0.15, 0.2) is 30.3 Å². The summed E-state index contributed by atoms with van der Waals surface area (Å²) in [6, 6.07) is 8.94. The zero-order valence-electron chi connectivity index (χ0n) is 9.81. The number of ether oxygens (including phenoxy) is 1. The SMILES string of the molecule is CCCC[C@H](Oc1ccccc1)C(=O)[O-].[Na+]. The minimum Gasteiger partial charge on any atom is -0.546 e. The van der Waals surface area contributed by atoms with Crippen molar-refractivity contribution in [2.24, 2.45) is 0 Å². The quantitative estimate of drug-likeness (QED) is 0.552. The molecule has 0 unspecified atom stereocenters. The van der Waals surface area contributed by atoms with E-state index in [0.29, 0.717) is 12.2 Å². The third kappa shape index (κ3) is 5.54. The molecule has 1 aromatic rings. The molecule has 0 aromatic heterocycles. The van der Waals surface area contributed by atoms with E-state index in [9.17, 15) is 9.90 Å². The Labute approximate surface area is 118 Å². The Hall–Kier alpha value is -0.510. The van der Waals surface area contributed by atoms with Crippen molar-refractivity contribution >= 4 is 5.97 Å². The summed E-state index contributed by atoms with van der Waals surface area (Å²) < 4.78 is 5.32. The van der Waals surface area contributed by atoms with Gasteiger partial charge in [-0.25, -0.2) is 0 Å². The van der Waals surface area contributed by atoms with E-state index in [2.05, 4.69) is 0 Å². The molecule has 0 saturated carbocycles. The maximum absolute atomic E-state index is 10.8. The molecule has 1 rings (SSSR count). The fourth-order valence-electron chi connectivity index (χ4n) is 1.28. The molecule has 1 atom stereocenters. The van der Waals surface area contributed by atoms with Gasteiger partial charge >= 0.3 is 29.6 Å². The van der Waals surface area contributed by atoms with Crippen molar-refractivity contribution in [2.75, 3.05) is 0 Å². The fourth-order valence-corrected chi connectivity index (χ4v) is 1.28. The number of carboxylic acids is 1. The van der Waals surface area contributed by atoms with Crippen LogP contribution in [0.2, 0.25) is 0 Å². The van der Waals surface area contributed by atoms with Crippen molar-refractivity contribution in [3.8, 4) is 5.75 Å². The smallest absolute Gasteiger partial charge is 0.546 e. The van der Waals surface area contributed by atoms with Gasteiger partial charge in [0.15, 0.2) is 0 Å². The first-order valence-electron chi connectivity index (χ1n) is 5.16. The third-order valence-corrected chi connectivity index (χ3v) is 2.10. The predicted molar refractivity (Wildman–Crippen MR) is 55.4 cm³/mol. The summed E-state index contributed by atoms with van der Waals surface area (Å²) in [5.41, 5.74) is 0. The summed E-state index contributed by atoms with van der Waals surface area (Å²) >= 11 is 0. The molecule has 0 amide bonds. The number of hydrogen-bond donors (Lipinski definition) is 0. The van der Waals surface area contributed by atoms with Crippen LogP contribution >= 0.6 is 0 Å². The van der Waals surface area contributed by atoms with Crippen LogP contribution in [0.5, 0.6) is 5.75 Å². The maximum atomic E-state index is 10.8. The van der Waals surface area contributed by atoms with Gasteiger partial charge in [-0.3, -0.25) is 0 Å². The number of aliphatic carboxylic acids is 1. The molecule has 3 nitrogen and oxygen atoms in total. The molecular weight excluding hydrogens is 215 g/mol. The average molecular weight is 230 g/mol. The molecule has 0 aliphatic rings. The number of rotatable bonds is 6. The molecule has 4 heteroatoms. The number of unbranched alkanes of at least 4 members (excludes halogenated alkanes) is 1. The van der Waals surface area contributed by atoms with Gasteiger partial charge in [-0.05, 0) is 25.0 Å². The van der Waals surface area contributed by atoms with Gasteiger partial charge in [0.2, 0.25) is 0 Å². The van der Waals surface area contributed by atoms with Crippen LogP contribution in [-0.2, 0) is 4.79 Å². The van der Waals surface area contributed by atoms with E-state index in [1.807, 2.05) is 25.1 Å². The van der Waals surface area contributed by atoms with Crippen LogP contribution in [0.1, 0.15) is 26.2 Å². The molecule has 82 valence electrons. The third-order valence-electron chi connectivity index (χ3n) is 2.10. The minimum absolute atomic E-state index is 0. The number of carbonyl (C=O) groups is 1. The number of benzene rings is 1. The topological polar surface area (TPSA) is 49.4 Å². The number of carboxylic acid groups (broad SMARTS) is 1. The molecule has 16 heavy (non-hydrogen) atoms. The first-order valence-corrected chi connectivity index (χ1v) is 5.16. The molecule has 0 radical (unpaired) electrons. The first kappa shape index (κ1) is 15.5. The second-order valence-corrected chi connectivity index (χ2v) is 3.38. The summed E-state index contributed by atoms with van der Waals surface area (Å²) in [6.45, 7) is 2.01. The number of carbonyl (C=O) groups excluding carboxylic acids is 1. The number of para-hydroxylation sites is 1. The molecule has 1 aromatic carbocycles. The molecule has 0 aliphatic carbocycles. The Morgan fingerprint density at radius 1 is 1.38 bits per heavy atom. The van der Waals surface area contributed by atoms with Crippen molar-refractivity contribution in [2.45, 2.75) is 32.3 Å². The zero-order valence-corrected chi connectivity index (χ0v) is 11.8. The Balaban J connectivity index is 0.00000225. The Kier molecular flexibility index (Phi) is 8.35. The normalized spacial score (nSPS) is 11.3. The van der Waals surface area contributed by atoms with Gasteiger partial charge in [0.1, 0.15) is 11.9 Å². The summed E-state index contributed by atoms with van der Waals surface area (Å²) in [7, 11) is 0. The van der Waals surface area contributed by atoms with E-state index < -0.39 is 12.1 Å². The summed E-state index contributed by atoms with van der Waals surface area (Å²) in [5.74, 6) is -0.574. The van der Waals surface area contributed by atoms with Crippen LogP contribution < -0.4 is 39.4 Å². The van der Waals surface area contributed by atoms with E-state index in [4.69, 9.17) is 4.74 Å². The fraction of sp³-hybridized carbons (Fsp3) is 0.417. The van der Waals surface area contributed by atoms with Gasteiger partial charge in [-0.1, -0.05) is 31.5 Å². The summed E-state index contributed by atoms with van der Waals surface area (Å²) in [6.07, 6.45) is 1.42. The largest absolute Gasteiger partial charge is 1.00 e. The monoisotopic (exact) mass is 230 g/mol. The maximum Gasteiger partial charge on any atom is 1.00 e. The van der Waals surface area contributed by atoms with Gasteiger partial charge in [0, 0.05) is 0 Å². The average Bonchev–Trinajstić information content (AvgIpc) is 2.25. The second kappa shape index (κ2) is 8.62.